The summed E-state index contributed by atoms with van der Waals surface area (Å²) in [4.78, 5) is 11.2. The van der Waals surface area contributed by atoms with Gasteiger partial charge in [0.05, 0.1) is 21.4 Å². The third kappa shape index (κ3) is 2.94. The molecule has 0 aliphatic rings. The Morgan fingerprint density at radius 2 is 2.10 bits per heavy atom. The van der Waals surface area contributed by atoms with Crippen molar-refractivity contribution >= 4 is 29.2 Å². The summed E-state index contributed by atoms with van der Waals surface area (Å²) in [6.07, 6.45) is 2.39. The fourth-order valence-electron chi connectivity index (χ4n) is 1.86. The summed E-state index contributed by atoms with van der Waals surface area (Å²) in [5.41, 5.74) is 1.19. The number of benzene rings is 1. The molecule has 0 fully saturated rings. The van der Waals surface area contributed by atoms with Crippen molar-refractivity contribution in [2.45, 2.75) is 26.2 Å². The van der Waals surface area contributed by atoms with Crippen molar-refractivity contribution in [2.24, 2.45) is 0 Å². The Kier molecular flexibility index (Phi) is 4.62. The van der Waals surface area contributed by atoms with Crippen LogP contribution in [0.4, 0.5) is 0 Å². The summed E-state index contributed by atoms with van der Waals surface area (Å²) in [6, 6.07) is 5.01. The van der Waals surface area contributed by atoms with Gasteiger partial charge >= 0.3 is 5.97 Å². The predicted octanol–water partition coefficient (Wildman–Crippen LogP) is 3.61. The van der Waals surface area contributed by atoms with Crippen molar-refractivity contribution in [1.82, 2.24) is 15.0 Å². The largest absolute Gasteiger partial charge is 0.476 e. The van der Waals surface area contributed by atoms with Crippen LogP contribution in [-0.4, -0.2) is 26.1 Å². The number of hydrogen-bond acceptors (Lipinski definition) is 3. The highest BCUT2D eigenvalue weighted by Crippen LogP contribution is 2.25. The monoisotopic (exact) mass is 313 g/mol. The number of carboxylic acids is 1. The molecule has 7 heteroatoms. The summed E-state index contributed by atoms with van der Waals surface area (Å²) in [5, 5.41) is 17.6. The highest BCUT2D eigenvalue weighted by molar-refractivity contribution is 6.42. The molecule has 1 aromatic carbocycles. The van der Waals surface area contributed by atoms with Gasteiger partial charge in [-0.2, -0.15) is 0 Å². The Morgan fingerprint density at radius 1 is 1.35 bits per heavy atom. The van der Waals surface area contributed by atoms with Gasteiger partial charge in [-0.3, -0.25) is 0 Å². The maximum Gasteiger partial charge on any atom is 0.358 e. The van der Waals surface area contributed by atoms with Crippen LogP contribution in [0.5, 0.6) is 0 Å². The average molecular weight is 314 g/mol. The Bertz CT molecular complexity index is 641. The smallest absolute Gasteiger partial charge is 0.358 e. The van der Waals surface area contributed by atoms with E-state index in [0.717, 1.165) is 12.8 Å². The second-order valence-electron chi connectivity index (χ2n) is 4.30. The second-order valence-corrected chi connectivity index (χ2v) is 5.12. The topological polar surface area (TPSA) is 68.0 Å². The van der Waals surface area contributed by atoms with E-state index in [1.807, 2.05) is 6.92 Å². The van der Waals surface area contributed by atoms with Crippen LogP contribution in [0.25, 0.3) is 5.69 Å². The van der Waals surface area contributed by atoms with Gasteiger partial charge in [-0.15, -0.1) is 5.10 Å². The molecule has 0 amide bonds. The van der Waals surface area contributed by atoms with Gasteiger partial charge in [0.2, 0.25) is 0 Å². The zero-order valence-electron chi connectivity index (χ0n) is 10.8. The van der Waals surface area contributed by atoms with E-state index in [-0.39, 0.29) is 5.69 Å². The number of rotatable bonds is 5. The Hall–Kier alpha value is -1.59. The number of aromatic nitrogens is 3. The van der Waals surface area contributed by atoms with Crippen molar-refractivity contribution in [3.8, 4) is 5.69 Å². The summed E-state index contributed by atoms with van der Waals surface area (Å²) in [5.74, 6) is -1.08. The highest BCUT2D eigenvalue weighted by Gasteiger charge is 2.19. The summed E-state index contributed by atoms with van der Waals surface area (Å²) >= 11 is 11.9. The molecule has 2 rings (SSSR count). The molecule has 1 heterocycles. The van der Waals surface area contributed by atoms with E-state index in [1.165, 1.54) is 4.68 Å². The molecule has 0 saturated carbocycles. The van der Waals surface area contributed by atoms with Crippen LogP contribution in [0.1, 0.15) is 35.9 Å². The van der Waals surface area contributed by atoms with E-state index in [1.54, 1.807) is 18.2 Å². The minimum Gasteiger partial charge on any atom is -0.476 e. The van der Waals surface area contributed by atoms with Crippen molar-refractivity contribution in [1.29, 1.82) is 0 Å². The van der Waals surface area contributed by atoms with E-state index in [2.05, 4.69) is 10.3 Å². The molecule has 5 nitrogen and oxygen atoms in total. The molecular weight excluding hydrogens is 301 g/mol. The third-order valence-corrected chi connectivity index (χ3v) is 3.62. The molecule has 20 heavy (non-hydrogen) atoms. The fourth-order valence-corrected chi connectivity index (χ4v) is 2.15. The number of nitrogens with zero attached hydrogens (tertiary/aromatic N) is 3. The van der Waals surface area contributed by atoms with Crippen LogP contribution < -0.4 is 0 Å². The first-order valence-electron chi connectivity index (χ1n) is 6.18. The molecule has 106 valence electrons. The molecule has 0 bridgehead atoms. The first kappa shape index (κ1) is 14.8. The SMILES string of the molecule is CCCCc1c(C(=O)O)nnn1-c1ccc(Cl)c(Cl)c1. The quantitative estimate of drug-likeness (QED) is 0.915. The highest BCUT2D eigenvalue weighted by atomic mass is 35.5. The van der Waals surface area contributed by atoms with Crippen molar-refractivity contribution in [3.63, 3.8) is 0 Å². The first-order chi connectivity index (χ1) is 9.54. The summed E-state index contributed by atoms with van der Waals surface area (Å²) in [6.45, 7) is 2.04. The maximum atomic E-state index is 11.2. The van der Waals surface area contributed by atoms with Crippen molar-refractivity contribution in [3.05, 3.63) is 39.6 Å². The van der Waals surface area contributed by atoms with Gasteiger partial charge in [0.15, 0.2) is 5.69 Å². The molecular formula is C13H13Cl2N3O2. The van der Waals surface area contributed by atoms with Crippen molar-refractivity contribution < 1.29 is 9.90 Å². The molecule has 0 aliphatic heterocycles. The molecule has 0 atom stereocenters. The first-order valence-corrected chi connectivity index (χ1v) is 6.93. The number of unbranched alkanes of at least 4 members (excludes halogenated alkanes) is 1. The van der Waals surface area contributed by atoms with Gasteiger partial charge in [-0.25, -0.2) is 9.48 Å². The summed E-state index contributed by atoms with van der Waals surface area (Å²) in [7, 11) is 0. The maximum absolute atomic E-state index is 11.2. The Morgan fingerprint density at radius 3 is 2.70 bits per heavy atom. The summed E-state index contributed by atoms with van der Waals surface area (Å²) < 4.78 is 1.50. The molecule has 0 spiro atoms. The normalized spacial score (nSPS) is 10.8. The lowest BCUT2D eigenvalue weighted by Crippen LogP contribution is -2.07. The molecule has 0 saturated heterocycles. The number of halogens is 2. The van der Waals surface area contributed by atoms with Crippen LogP contribution in [-0.2, 0) is 6.42 Å². The predicted molar refractivity (Wildman–Crippen MR) is 77.0 cm³/mol. The molecule has 2 aromatic rings. The Balaban J connectivity index is 2.49. The van der Waals surface area contributed by atoms with Crippen LogP contribution in [0, 0.1) is 0 Å². The van der Waals surface area contributed by atoms with Gasteiger partial charge in [-0.05, 0) is 31.0 Å². The average Bonchev–Trinajstić information content (AvgIpc) is 2.83. The minimum atomic E-state index is -1.08. The van der Waals surface area contributed by atoms with Crippen LogP contribution in [0.3, 0.4) is 0 Å². The van der Waals surface area contributed by atoms with E-state index >= 15 is 0 Å². The van der Waals surface area contributed by atoms with E-state index in [0.29, 0.717) is 27.8 Å². The lowest BCUT2D eigenvalue weighted by molar-refractivity contribution is 0.0689. The number of carboxylic acid groups (broad SMARTS) is 1. The Labute approximate surface area is 126 Å². The van der Waals surface area contributed by atoms with Gasteiger partial charge < -0.3 is 5.11 Å². The van der Waals surface area contributed by atoms with Crippen LogP contribution in [0.15, 0.2) is 18.2 Å². The third-order valence-electron chi connectivity index (χ3n) is 2.88. The van der Waals surface area contributed by atoms with Crippen LogP contribution >= 0.6 is 23.2 Å². The van der Waals surface area contributed by atoms with Gasteiger partial charge in [0.25, 0.3) is 0 Å². The van der Waals surface area contributed by atoms with Gasteiger partial charge in [0.1, 0.15) is 0 Å². The van der Waals surface area contributed by atoms with E-state index in [4.69, 9.17) is 28.3 Å². The van der Waals surface area contributed by atoms with Gasteiger partial charge in [0, 0.05) is 0 Å². The van der Waals surface area contributed by atoms with Crippen molar-refractivity contribution in [2.75, 3.05) is 0 Å². The molecule has 0 aliphatic carbocycles. The molecule has 1 aromatic heterocycles. The molecule has 0 radical (unpaired) electrons. The zero-order valence-corrected chi connectivity index (χ0v) is 12.3. The van der Waals surface area contributed by atoms with E-state index < -0.39 is 5.97 Å². The minimum absolute atomic E-state index is 0.0236. The van der Waals surface area contributed by atoms with Crippen LogP contribution in [0.2, 0.25) is 10.0 Å². The number of aromatic carboxylic acids is 1. The van der Waals surface area contributed by atoms with E-state index in [9.17, 15) is 4.79 Å². The molecule has 0 unspecified atom stereocenters. The number of hydrogen-bond donors (Lipinski definition) is 1. The number of carbonyl (C=O) groups is 1. The lowest BCUT2D eigenvalue weighted by Gasteiger charge is -2.07. The second kappa shape index (κ2) is 6.24. The molecule has 1 N–H and O–H groups in total. The van der Waals surface area contributed by atoms with Gasteiger partial charge in [-0.1, -0.05) is 41.8 Å². The zero-order chi connectivity index (χ0) is 14.7. The lowest BCUT2D eigenvalue weighted by atomic mass is 10.1. The standard InChI is InChI=1S/C13H13Cl2N3O2/c1-2-3-4-11-12(13(19)20)16-17-18(11)8-5-6-9(14)10(15)7-8/h5-7H,2-4H2,1H3,(H,19,20). The fraction of sp³-hybridized carbons (Fsp3) is 0.308.